The Bertz CT molecular complexity index is 400. The van der Waals surface area contributed by atoms with Gasteiger partial charge in [-0.05, 0) is 18.1 Å². The normalized spacial score (nSPS) is 12.2. The molecule has 0 heterocycles. The third-order valence-corrected chi connectivity index (χ3v) is 2.38. The zero-order valence-electron chi connectivity index (χ0n) is 9.10. The van der Waals surface area contributed by atoms with E-state index in [4.69, 9.17) is 9.84 Å². The lowest BCUT2D eigenvalue weighted by atomic mass is 9.98. The van der Waals surface area contributed by atoms with Crippen molar-refractivity contribution in [1.82, 2.24) is 0 Å². The molecular formula is C11H14O5. The average molecular weight is 226 g/mol. The largest absolute Gasteiger partial charge is 0.504 e. The second-order valence-corrected chi connectivity index (χ2v) is 3.28. The molecule has 0 aliphatic rings. The number of methoxy groups -OCH3 is 1. The first-order valence-electron chi connectivity index (χ1n) is 4.82. The van der Waals surface area contributed by atoms with Gasteiger partial charge in [0.15, 0.2) is 17.6 Å². The highest BCUT2D eigenvalue weighted by atomic mass is 16.5. The maximum Gasteiger partial charge on any atom is 0.337 e. The van der Waals surface area contributed by atoms with Crippen molar-refractivity contribution in [2.45, 2.75) is 19.4 Å². The summed E-state index contributed by atoms with van der Waals surface area (Å²) in [5.41, 5.74) is 0.572. The summed E-state index contributed by atoms with van der Waals surface area (Å²) in [6, 6.07) is 3.16. The van der Waals surface area contributed by atoms with Crippen molar-refractivity contribution >= 4 is 5.97 Å². The molecule has 1 aromatic carbocycles. The molecule has 0 fully saturated rings. The summed E-state index contributed by atoms with van der Waals surface area (Å²) in [4.78, 5) is 10.7. The van der Waals surface area contributed by atoms with Crippen LogP contribution >= 0.6 is 0 Å². The van der Waals surface area contributed by atoms with E-state index in [1.165, 1.54) is 13.2 Å². The molecule has 0 saturated carbocycles. The van der Waals surface area contributed by atoms with Crippen LogP contribution in [0.25, 0.3) is 0 Å². The van der Waals surface area contributed by atoms with E-state index in [2.05, 4.69) is 0 Å². The van der Waals surface area contributed by atoms with Gasteiger partial charge in [-0.2, -0.15) is 0 Å². The van der Waals surface area contributed by atoms with Gasteiger partial charge < -0.3 is 20.1 Å². The van der Waals surface area contributed by atoms with Gasteiger partial charge in [-0.1, -0.05) is 13.0 Å². The van der Waals surface area contributed by atoms with Gasteiger partial charge in [0.1, 0.15) is 0 Å². The van der Waals surface area contributed by atoms with Crippen LogP contribution in [0.15, 0.2) is 12.1 Å². The lowest BCUT2D eigenvalue weighted by molar-refractivity contribution is -0.147. The number of phenolic OH excluding ortho intramolecular Hbond substituents is 1. The summed E-state index contributed by atoms with van der Waals surface area (Å²) in [5, 5.41) is 28.0. The minimum Gasteiger partial charge on any atom is -0.504 e. The van der Waals surface area contributed by atoms with Crippen LogP contribution in [0.3, 0.4) is 0 Å². The van der Waals surface area contributed by atoms with Crippen molar-refractivity contribution in [1.29, 1.82) is 0 Å². The number of aryl methyl sites for hydroxylation is 1. The smallest absolute Gasteiger partial charge is 0.337 e. The van der Waals surface area contributed by atoms with Crippen LogP contribution in [0, 0.1) is 0 Å². The highest BCUT2D eigenvalue weighted by Crippen LogP contribution is 2.36. The Kier molecular flexibility index (Phi) is 3.73. The van der Waals surface area contributed by atoms with Crippen molar-refractivity contribution in [3.8, 4) is 11.5 Å². The molecule has 5 nitrogen and oxygen atoms in total. The number of carbonyl (C=O) groups is 1. The third kappa shape index (κ3) is 2.09. The number of carboxylic acids is 1. The number of aromatic hydroxyl groups is 1. The van der Waals surface area contributed by atoms with Gasteiger partial charge in [0.25, 0.3) is 0 Å². The predicted octanol–water partition coefficient (Wildman–Crippen LogP) is 1.08. The maximum atomic E-state index is 10.7. The summed E-state index contributed by atoms with van der Waals surface area (Å²) in [6.07, 6.45) is -1.23. The number of ether oxygens (including phenoxy) is 1. The summed E-state index contributed by atoms with van der Waals surface area (Å²) in [7, 11) is 1.36. The zero-order valence-corrected chi connectivity index (χ0v) is 9.10. The van der Waals surface area contributed by atoms with E-state index in [9.17, 15) is 15.0 Å². The highest BCUT2D eigenvalue weighted by molar-refractivity contribution is 5.76. The van der Waals surface area contributed by atoms with Gasteiger partial charge in [0.2, 0.25) is 0 Å². The molecule has 1 unspecified atom stereocenters. The second kappa shape index (κ2) is 4.85. The monoisotopic (exact) mass is 226 g/mol. The number of phenols is 1. The summed E-state index contributed by atoms with van der Waals surface area (Å²) in [6.45, 7) is 1.80. The first-order chi connectivity index (χ1) is 7.52. The van der Waals surface area contributed by atoms with Crippen molar-refractivity contribution < 1.29 is 24.9 Å². The first-order valence-corrected chi connectivity index (χ1v) is 4.82. The van der Waals surface area contributed by atoms with Gasteiger partial charge >= 0.3 is 5.97 Å². The Labute approximate surface area is 92.9 Å². The van der Waals surface area contributed by atoms with E-state index in [0.29, 0.717) is 12.0 Å². The van der Waals surface area contributed by atoms with Crippen LogP contribution in [0.1, 0.15) is 24.2 Å². The average Bonchev–Trinajstić information content (AvgIpc) is 2.27. The number of aliphatic hydroxyl groups is 1. The Balaban J connectivity index is 3.37. The Morgan fingerprint density at radius 2 is 2.12 bits per heavy atom. The minimum absolute atomic E-state index is 0.00523. The maximum absolute atomic E-state index is 10.7. The molecule has 0 saturated heterocycles. The van der Waals surface area contributed by atoms with E-state index in [0.717, 1.165) is 0 Å². The fourth-order valence-electron chi connectivity index (χ4n) is 1.53. The van der Waals surface area contributed by atoms with Crippen molar-refractivity contribution in [3.05, 3.63) is 23.3 Å². The van der Waals surface area contributed by atoms with E-state index in [1.807, 2.05) is 0 Å². The van der Waals surface area contributed by atoms with Crippen LogP contribution in [0.5, 0.6) is 11.5 Å². The number of aliphatic hydroxyl groups excluding tert-OH is 1. The van der Waals surface area contributed by atoms with Crippen molar-refractivity contribution in [2.75, 3.05) is 7.11 Å². The lowest BCUT2D eigenvalue weighted by Crippen LogP contribution is -2.13. The van der Waals surface area contributed by atoms with Crippen LogP contribution in [-0.4, -0.2) is 28.4 Å². The zero-order chi connectivity index (χ0) is 12.3. The SMILES string of the molecule is CCc1ccc(OC)c(O)c1C(O)C(=O)O. The second-order valence-electron chi connectivity index (χ2n) is 3.28. The molecule has 0 radical (unpaired) electrons. The summed E-state index contributed by atoms with van der Waals surface area (Å²) < 4.78 is 4.86. The minimum atomic E-state index is -1.75. The molecule has 88 valence electrons. The molecule has 0 aromatic heterocycles. The summed E-state index contributed by atoms with van der Waals surface area (Å²) in [5.74, 6) is -1.58. The molecule has 0 aliphatic carbocycles. The van der Waals surface area contributed by atoms with Gasteiger partial charge in [-0.25, -0.2) is 4.79 Å². The molecule has 16 heavy (non-hydrogen) atoms. The van der Waals surface area contributed by atoms with Gasteiger partial charge in [0, 0.05) is 5.56 Å². The number of hydrogen-bond donors (Lipinski definition) is 3. The van der Waals surface area contributed by atoms with Crippen LogP contribution in [0.2, 0.25) is 0 Å². The molecule has 5 heteroatoms. The van der Waals surface area contributed by atoms with Gasteiger partial charge in [-0.3, -0.25) is 0 Å². The van der Waals surface area contributed by atoms with E-state index < -0.39 is 12.1 Å². The topological polar surface area (TPSA) is 87.0 Å². The number of carboxylic acid groups (broad SMARTS) is 1. The number of rotatable bonds is 4. The van der Waals surface area contributed by atoms with Gasteiger partial charge in [0.05, 0.1) is 7.11 Å². The molecule has 1 atom stereocenters. The quantitative estimate of drug-likeness (QED) is 0.715. The molecular weight excluding hydrogens is 212 g/mol. The molecule has 1 rings (SSSR count). The third-order valence-electron chi connectivity index (χ3n) is 2.38. The number of aliphatic carboxylic acids is 1. The fraction of sp³-hybridized carbons (Fsp3) is 0.364. The molecule has 0 bridgehead atoms. The van der Waals surface area contributed by atoms with Gasteiger partial charge in [-0.15, -0.1) is 0 Å². The predicted molar refractivity (Wildman–Crippen MR) is 56.6 cm³/mol. The molecule has 3 N–H and O–H groups in total. The van der Waals surface area contributed by atoms with E-state index in [-0.39, 0.29) is 17.1 Å². The van der Waals surface area contributed by atoms with Crippen LogP contribution < -0.4 is 4.74 Å². The van der Waals surface area contributed by atoms with Crippen molar-refractivity contribution in [2.24, 2.45) is 0 Å². The summed E-state index contributed by atoms with van der Waals surface area (Å²) >= 11 is 0. The number of hydrogen-bond acceptors (Lipinski definition) is 4. The molecule has 0 spiro atoms. The van der Waals surface area contributed by atoms with Crippen molar-refractivity contribution in [3.63, 3.8) is 0 Å². The Hall–Kier alpha value is -1.75. The van der Waals surface area contributed by atoms with E-state index >= 15 is 0 Å². The van der Waals surface area contributed by atoms with Crippen LogP contribution in [-0.2, 0) is 11.2 Å². The molecule has 0 amide bonds. The highest BCUT2D eigenvalue weighted by Gasteiger charge is 2.24. The standard InChI is InChI=1S/C11H14O5/c1-3-6-4-5-7(16-2)9(12)8(6)10(13)11(14)15/h4-5,10,12-13H,3H2,1-2H3,(H,14,15). The fourth-order valence-corrected chi connectivity index (χ4v) is 1.53. The first kappa shape index (κ1) is 12.3. The van der Waals surface area contributed by atoms with E-state index in [1.54, 1.807) is 13.0 Å². The lowest BCUT2D eigenvalue weighted by Gasteiger charge is -2.15. The Morgan fingerprint density at radius 1 is 1.50 bits per heavy atom. The number of benzene rings is 1. The molecule has 1 aromatic rings. The molecule has 0 aliphatic heterocycles. The van der Waals surface area contributed by atoms with Crippen LogP contribution in [0.4, 0.5) is 0 Å². The Morgan fingerprint density at radius 3 is 2.56 bits per heavy atom.